The highest BCUT2D eigenvalue weighted by Gasteiger charge is 2.17. The van der Waals surface area contributed by atoms with Crippen molar-refractivity contribution in [3.63, 3.8) is 0 Å². The molecule has 2 heteroatoms. The van der Waals surface area contributed by atoms with Crippen LogP contribution in [-0.4, -0.2) is 17.7 Å². The van der Waals surface area contributed by atoms with Crippen LogP contribution in [0.4, 0.5) is 0 Å². The Morgan fingerprint density at radius 1 is 1.27 bits per heavy atom. The van der Waals surface area contributed by atoms with Gasteiger partial charge in [0.15, 0.2) is 0 Å². The Morgan fingerprint density at radius 2 is 2.07 bits per heavy atom. The molecule has 1 aromatic rings. The molecule has 2 nitrogen and oxygen atoms in total. The summed E-state index contributed by atoms with van der Waals surface area (Å²) in [6.45, 7) is 1.10. The number of hydrogen-bond donors (Lipinski definition) is 2. The Labute approximate surface area is 91.3 Å². The summed E-state index contributed by atoms with van der Waals surface area (Å²) in [6.07, 6.45) is 4.28. The van der Waals surface area contributed by atoms with E-state index in [1.165, 1.54) is 19.3 Å². The van der Waals surface area contributed by atoms with Gasteiger partial charge >= 0.3 is 0 Å². The standard InChI is InChI=1S/C13H19NO/c15-13(11-6-2-1-3-7-11)10-12-8-4-5-9-14-12/h1-3,6-7,12-15H,4-5,8-10H2/t12-,13-/m0/s1. The summed E-state index contributed by atoms with van der Waals surface area (Å²) in [5.74, 6) is 0. The van der Waals surface area contributed by atoms with Gasteiger partial charge in [-0.2, -0.15) is 0 Å². The maximum Gasteiger partial charge on any atom is 0.0804 e. The molecule has 0 bridgehead atoms. The SMILES string of the molecule is O[C@@H](C[C@@H]1CCCCN1)c1ccccc1. The van der Waals surface area contributed by atoms with E-state index >= 15 is 0 Å². The van der Waals surface area contributed by atoms with Crippen LogP contribution in [0.25, 0.3) is 0 Å². The van der Waals surface area contributed by atoms with E-state index in [1.807, 2.05) is 30.3 Å². The van der Waals surface area contributed by atoms with Crippen molar-refractivity contribution >= 4 is 0 Å². The van der Waals surface area contributed by atoms with E-state index in [-0.39, 0.29) is 6.10 Å². The predicted octanol–water partition coefficient (Wildman–Crippen LogP) is 2.25. The second-order valence-corrected chi connectivity index (χ2v) is 4.31. The molecule has 0 spiro atoms. The highest BCUT2D eigenvalue weighted by Crippen LogP contribution is 2.21. The Balaban J connectivity index is 1.88. The van der Waals surface area contributed by atoms with Crippen molar-refractivity contribution in [2.75, 3.05) is 6.54 Å². The second-order valence-electron chi connectivity index (χ2n) is 4.31. The Bertz CT molecular complexity index is 280. The number of piperidine rings is 1. The number of nitrogens with one attached hydrogen (secondary N) is 1. The zero-order valence-electron chi connectivity index (χ0n) is 9.02. The number of aliphatic hydroxyl groups is 1. The average Bonchev–Trinajstić information content (AvgIpc) is 2.31. The predicted molar refractivity (Wildman–Crippen MR) is 61.7 cm³/mol. The minimum Gasteiger partial charge on any atom is -0.388 e. The fourth-order valence-corrected chi connectivity index (χ4v) is 2.21. The van der Waals surface area contributed by atoms with Gasteiger partial charge in [0.25, 0.3) is 0 Å². The molecule has 15 heavy (non-hydrogen) atoms. The summed E-state index contributed by atoms with van der Waals surface area (Å²) in [7, 11) is 0. The van der Waals surface area contributed by atoms with Crippen molar-refractivity contribution < 1.29 is 5.11 Å². The van der Waals surface area contributed by atoms with Gasteiger partial charge in [-0.25, -0.2) is 0 Å². The molecule has 0 saturated carbocycles. The molecule has 1 saturated heterocycles. The molecule has 82 valence electrons. The third-order valence-corrected chi connectivity index (χ3v) is 3.10. The minimum absolute atomic E-state index is 0.318. The molecule has 0 radical (unpaired) electrons. The first-order valence-corrected chi connectivity index (χ1v) is 5.82. The maximum atomic E-state index is 10.0. The molecule has 0 unspecified atom stereocenters. The van der Waals surface area contributed by atoms with Crippen molar-refractivity contribution in [1.29, 1.82) is 0 Å². The lowest BCUT2D eigenvalue weighted by Crippen LogP contribution is -2.35. The monoisotopic (exact) mass is 205 g/mol. The topological polar surface area (TPSA) is 32.3 Å². The summed E-state index contributed by atoms with van der Waals surface area (Å²) in [5.41, 5.74) is 1.03. The molecular weight excluding hydrogens is 186 g/mol. The summed E-state index contributed by atoms with van der Waals surface area (Å²) in [4.78, 5) is 0. The van der Waals surface area contributed by atoms with Crippen LogP contribution in [0, 0.1) is 0 Å². The van der Waals surface area contributed by atoms with Crippen LogP contribution >= 0.6 is 0 Å². The molecule has 0 aliphatic carbocycles. The molecule has 1 aliphatic rings. The molecule has 1 fully saturated rings. The first kappa shape index (κ1) is 10.7. The molecule has 1 heterocycles. The molecule has 0 amide bonds. The van der Waals surface area contributed by atoms with Crippen molar-refractivity contribution in [2.45, 2.75) is 37.8 Å². The molecule has 1 aromatic carbocycles. The van der Waals surface area contributed by atoms with Gasteiger partial charge in [-0.3, -0.25) is 0 Å². The lowest BCUT2D eigenvalue weighted by Gasteiger charge is -2.25. The van der Waals surface area contributed by atoms with Crippen molar-refractivity contribution in [2.24, 2.45) is 0 Å². The van der Waals surface area contributed by atoms with Crippen LogP contribution in [0.2, 0.25) is 0 Å². The van der Waals surface area contributed by atoms with Gasteiger partial charge in [0.05, 0.1) is 6.10 Å². The molecule has 2 N–H and O–H groups in total. The Kier molecular flexibility index (Phi) is 3.75. The van der Waals surface area contributed by atoms with Crippen LogP contribution in [0.1, 0.15) is 37.4 Å². The third kappa shape index (κ3) is 3.05. The molecule has 2 atom stereocenters. The summed E-state index contributed by atoms with van der Waals surface area (Å²) in [6, 6.07) is 10.4. The average molecular weight is 205 g/mol. The zero-order valence-corrected chi connectivity index (χ0v) is 9.02. The molecule has 2 rings (SSSR count). The third-order valence-electron chi connectivity index (χ3n) is 3.10. The first-order chi connectivity index (χ1) is 7.36. The smallest absolute Gasteiger partial charge is 0.0804 e. The zero-order chi connectivity index (χ0) is 10.5. The van der Waals surface area contributed by atoms with Crippen molar-refractivity contribution in [3.8, 4) is 0 Å². The number of rotatable bonds is 3. The summed E-state index contributed by atoms with van der Waals surface area (Å²) in [5, 5.41) is 13.5. The van der Waals surface area contributed by atoms with Crippen LogP contribution in [0.15, 0.2) is 30.3 Å². The van der Waals surface area contributed by atoms with Crippen molar-refractivity contribution in [3.05, 3.63) is 35.9 Å². The van der Waals surface area contributed by atoms with E-state index in [2.05, 4.69) is 5.32 Å². The first-order valence-electron chi connectivity index (χ1n) is 5.82. The van der Waals surface area contributed by atoms with Gasteiger partial charge < -0.3 is 10.4 Å². The van der Waals surface area contributed by atoms with Gasteiger partial charge in [-0.05, 0) is 31.4 Å². The van der Waals surface area contributed by atoms with E-state index in [0.29, 0.717) is 6.04 Å². The van der Waals surface area contributed by atoms with Gasteiger partial charge in [-0.15, -0.1) is 0 Å². The quantitative estimate of drug-likeness (QED) is 0.793. The lowest BCUT2D eigenvalue weighted by atomic mass is 9.96. The van der Waals surface area contributed by atoms with E-state index in [0.717, 1.165) is 18.5 Å². The highest BCUT2D eigenvalue weighted by molar-refractivity contribution is 5.17. The largest absolute Gasteiger partial charge is 0.388 e. The van der Waals surface area contributed by atoms with Gasteiger partial charge in [0.2, 0.25) is 0 Å². The second kappa shape index (κ2) is 5.29. The lowest BCUT2D eigenvalue weighted by molar-refractivity contribution is 0.144. The van der Waals surface area contributed by atoms with Gasteiger partial charge in [0, 0.05) is 6.04 Å². The number of aliphatic hydroxyl groups excluding tert-OH is 1. The fraction of sp³-hybridized carbons (Fsp3) is 0.538. The fourth-order valence-electron chi connectivity index (χ4n) is 2.21. The van der Waals surface area contributed by atoms with E-state index in [1.54, 1.807) is 0 Å². The Hall–Kier alpha value is -0.860. The normalized spacial score (nSPS) is 23.7. The minimum atomic E-state index is -0.318. The summed E-state index contributed by atoms with van der Waals surface area (Å²) < 4.78 is 0. The van der Waals surface area contributed by atoms with Crippen LogP contribution in [-0.2, 0) is 0 Å². The molecule has 1 aliphatic heterocycles. The van der Waals surface area contributed by atoms with Gasteiger partial charge in [0.1, 0.15) is 0 Å². The molecule has 0 aromatic heterocycles. The van der Waals surface area contributed by atoms with E-state index in [9.17, 15) is 5.11 Å². The van der Waals surface area contributed by atoms with Crippen LogP contribution in [0.5, 0.6) is 0 Å². The maximum absolute atomic E-state index is 10.0. The summed E-state index contributed by atoms with van der Waals surface area (Å²) >= 11 is 0. The van der Waals surface area contributed by atoms with Crippen LogP contribution in [0.3, 0.4) is 0 Å². The highest BCUT2D eigenvalue weighted by atomic mass is 16.3. The molecular formula is C13H19NO. The number of benzene rings is 1. The van der Waals surface area contributed by atoms with E-state index in [4.69, 9.17) is 0 Å². The Morgan fingerprint density at radius 3 is 2.73 bits per heavy atom. The van der Waals surface area contributed by atoms with Gasteiger partial charge in [-0.1, -0.05) is 36.8 Å². The number of hydrogen-bond acceptors (Lipinski definition) is 2. The van der Waals surface area contributed by atoms with Crippen LogP contribution < -0.4 is 5.32 Å². The van der Waals surface area contributed by atoms with E-state index < -0.39 is 0 Å². The van der Waals surface area contributed by atoms with Crippen molar-refractivity contribution in [1.82, 2.24) is 5.32 Å².